The molecule has 1 fully saturated rings. The molecule has 1 aliphatic rings. The van der Waals surface area contributed by atoms with Crippen LogP contribution in [0.5, 0.6) is 0 Å². The highest BCUT2D eigenvalue weighted by molar-refractivity contribution is 5.56. The average molecular weight is 284 g/mol. The highest BCUT2D eigenvalue weighted by Crippen LogP contribution is 2.35. The van der Waals surface area contributed by atoms with E-state index in [2.05, 4.69) is 29.2 Å². The Balaban J connectivity index is 1.86. The summed E-state index contributed by atoms with van der Waals surface area (Å²) in [6.07, 6.45) is 1.10. The molecule has 0 spiro atoms. The van der Waals surface area contributed by atoms with Crippen LogP contribution in [0.4, 0.5) is 10.1 Å². The fourth-order valence-electron chi connectivity index (χ4n) is 3.23. The third kappa shape index (κ3) is 2.79. The van der Waals surface area contributed by atoms with Crippen LogP contribution < -0.4 is 10.6 Å². The average Bonchev–Trinajstić information content (AvgIpc) is 2.97. The maximum atomic E-state index is 14.1. The molecule has 3 heteroatoms. The third-order valence-electron chi connectivity index (χ3n) is 4.29. The van der Waals surface area contributed by atoms with Crippen molar-refractivity contribution in [1.29, 1.82) is 0 Å². The van der Waals surface area contributed by atoms with Crippen LogP contribution in [0.1, 0.15) is 36.4 Å². The van der Waals surface area contributed by atoms with Crippen molar-refractivity contribution in [2.75, 3.05) is 18.0 Å². The summed E-state index contributed by atoms with van der Waals surface area (Å²) in [7, 11) is 0. The zero-order valence-electron chi connectivity index (χ0n) is 12.3. The lowest BCUT2D eigenvalue weighted by Crippen LogP contribution is -2.23. The molecule has 2 atom stereocenters. The molecule has 2 aromatic rings. The second-order valence-electron chi connectivity index (χ2n) is 5.80. The standard InChI is InChI=1S/C18H21FN2/c1-13(20)18-16(19)8-5-9-17(18)21-11-10-15(12-21)14-6-3-2-4-7-14/h2-9,13,15H,10-12,20H2,1H3. The van der Waals surface area contributed by atoms with Crippen molar-refractivity contribution >= 4 is 5.69 Å². The van der Waals surface area contributed by atoms with Crippen molar-refractivity contribution in [1.82, 2.24) is 0 Å². The fraction of sp³-hybridized carbons (Fsp3) is 0.333. The van der Waals surface area contributed by atoms with E-state index in [0.29, 0.717) is 11.5 Å². The topological polar surface area (TPSA) is 29.3 Å². The first-order chi connectivity index (χ1) is 10.2. The lowest BCUT2D eigenvalue weighted by molar-refractivity contribution is 0.592. The summed E-state index contributed by atoms with van der Waals surface area (Å²) in [5, 5.41) is 0. The van der Waals surface area contributed by atoms with Crippen molar-refractivity contribution in [3.63, 3.8) is 0 Å². The molecule has 0 amide bonds. The van der Waals surface area contributed by atoms with Crippen LogP contribution in [0.25, 0.3) is 0 Å². The van der Waals surface area contributed by atoms with E-state index in [1.807, 2.05) is 19.1 Å². The van der Waals surface area contributed by atoms with E-state index < -0.39 is 0 Å². The van der Waals surface area contributed by atoms with Gasteiger partial charge in [0, 0.05) is 36.3 Å². The van der Waals surface area contributed by atoms with Crippen LogP contribution in [-0.4, -0.2) is 13.1 Å². The number of anilines is 1. The molecular formula is C18H21FN2. The van der Waals surface area contributed by atoms with Crippen LogP contribution in [0.15, 0.2) is 48.5 Å². The number of nitrogens with zero attached hydrogens (tertiary/aromatic N) is 1. The molecule has 1 aliphatic heterocycles. The van der Waals surface area contributed by atoms with E-state index in [1.54, 1.807) is 6.07 Å². The van der Waals surface area contributed by atoms with Gasteiger partial charge in [-0.1, -0.05) is 36.4 Å². The highest BCUT2D eigenvalue weighted by Gasteiger charge is 2.26. The van der Waals surface area contributed by atoms with Crippen molar-refractivity contribution in [2.24, 2.45) is 5.73 Å². The van der Waals surface area contributed by atoms with Gasteiger partial charge in [0.25, 0.3) is 0 Å². The smallest absolute Gasteiger partial charge is 0.130 e. The zero-order valence-corrected chi connectivity index (χ0v) is 12.3. The van der Waals surface area contributed by atoms with E-state index >= 15 is 0 Å². The van der Waals surface area contributed by atoms with Gasteiger partial charge in [0.05, 0.1) is 0 Å². The molecular weight excluding hydrogens is 263 g/mol. The fourth-order valence-corrected chi connectivity index (χ4v) is 3.23. The van der Waals surface area contributed by atoms with Crippen molar-refractivity contribution in [2.45, 2.75) is 25.3 Å². The van der Waals surface area contributed by atoms with Crippen molar-refractivity contribution in [3.8, 4) is 0 Å². The maximum absolute atomic E-state index is 14.1. The highest BCUT2D eigenvalue weighted by atomic mass is 19.1. The summed E-state index contributed by atoms with van der Waals surface area (Å²) in [5.74, 6) is 0.307. The van der Waals surface area contributed by atoms with Crippen molar-refractivity contribution in [3.05, 3.63) is 65.5 Å². The predicted molar refractivity (Wildman–Crippen MR) is 85.0 cm³/mol. The van der Waals surface area contributed by atoms with Gasteiger partial charge in [-0.05, 0) is 31.0 Å². The Morgan fingerprint density at radius 3 is 2.62 bits per heavy atom. The molecule has 21 heavy (non-hydrogen) atoms. The molecule has 1 heterocycles. The minimum Gasteiger partial charge on any atom is -0.371 e. The Bertz CT molecular complexity index is 610. The van der Waals surface area contributed by atoms with Gasteiger partial charge in [0.15, 0.2) is 0 Å². The predicted octanol–water partition coefficient (Wildman–Crippen LogP) is 3.84. The van der Waals surface area contributed by atoms with Gasteiger partial charge in [-0.3, -0.25) is 0 Å². The Morgan fingerprint density at radius 2 is 1.90 bits per heavy atom. The molecule has 0 aromatic heterocycles. The summed E-state index contributed by atoms with van der Waals surface area (Å²) in [4.78, 5) is 2.26. The molecule has 1 saturated heterocycles. The van der Waals surface area contributed by atoms with E-state index in [1.165, 1.54) is 11.6 Å². The van der Waals surface area contributed by atoms with Gasteiger partial charge < -0.3 is 10.6 Å². The van der Waals surface area contributed by atoms with Gasteiger partial charge in [0.1, 0.15) is 5.82 Å². The Kier molecular flexibility index (Phi) is 3.93. The summed E-state index contributed by atoms with van der Waals surface area (Å²) >= 11 is 0. The number of rotatable bonds is 3. The van der Waals surface area contributed by atoms with Crippen LogP contribution in [0.2, 0.25) is 0 Å². The largest absolute Gasteiger partial charge is 0.371 e. The minimum atomic E-state index is -0.294. The Morgan fingerprint density at radius 1 is 1.14 bits per heavy atom. The van der Waals surface area contributed by atoms with E-state index in [4.69, 9.17) is 5.73 Å². The Hall–Kier alpha value is -1.87. The molecule has 2 nitrogen and oxygen atoms in total. The van der Waals surface area contributed by atoms with Crippen LogP contribution in [-0.2, 0) is 0 Å². The summed E-state index contributed by atoms with van der Waals surface area (Å²) < 4.78 is 14.1. The molecule has 110 valence electrons. The zero-order chi connectivity index (χ0) is 14.8. The van der Waals surface area contributed by atoms with Crippen LogP contribution >= 0.6 is 0 Å². The van der Waals surface area contributed by atoms with E-state index in [9.17, 15) is 4.39 Å². The quantitative estimate of drug-likeness (QED) is 0.928. The first kappa shape index (κ1) is 14.1. The lowest BCUT2D eigenvalue weighted by Gasteiger charge is -2.24. The summed E-state index contributed by atoms with van der Waals surface area (Å²) in [5.41, 5.74) is 8.90. The molecule has 0 saturated carbocycles. The molecule has 0 aliphatic carbocycles. The molecule has 2 N–H and O–H groups in total. The first-order valence-corrected chi connectivity index (χ1v) is 7.50. The van der Waals surface area contributed by atoms with Gasteiger partial charge in [-0.2, -0.15) is 0 Å². The van der Waals surface area contributed by atoms with Gasteiger partial charge in [0.2, 0.25) is 0 Å². The third-order valence-corrected chi connectivity index (χ3v) is 4.29. The molecule has 2 aromatic carbocycles. The first-order valence-electron chi connectivity index (χ1n) is 7.50. The second kappa shape index (κ2) is 5.86. The van der Waals surface area contributed by atoms with Crippen molar-refractivity contribution < 1.29 is 4.39 Å². The molecule has 0 radical (unpaired) electrons. The maximum Gasteiger partial charge on any atom is 0.130 e. The normalized spacial score (nSPS) is 19.8. The number of nitrogens with two attached hydrogens (primary N) is 1. The summed E-state index contributed by atoms with van der Waals surface area (Å²) in [6.45, 7) is 3.71. The SMILES string of the molecule is CC(N)c1c(F)cccc1N1CCC(c2ccccc2)C1. The summed E-state index contributed by atoms with van der Waals surface area (Å²) in [6, 6.07) is 15.5. The monoisotopic (exact) mass is 284 g/mol. The molecule has 3 rings (SSSR count). The lowest BCUT2D eigenvalue weighted by atomic mass is 9.99. The van der Waals surface area contributed by atoms with E-state index in [-0.39, 0.29) is 11.9 Å². The second-order valence-corrected chi connectivity index (χ2v) is 5.80. The number of hydrogen-bond acceptors (Lipinski definition) is 2. The Labute approximate surface area is 125 Å². The molecule has 2 unspecified atom stereocenters. The van der Waals surface area contributed by atoms with Crippen LogP contribution in [0.3, 0.4) is 0 Å². The van der Waals surface area contributed by atoms with E-state index in [0.717, 1.165) is 25.2 Å². The van der Waals surface area contributed by atoms with Crippen LogP contribution in [0, 0.1) is 5.82 Å². The van der Waals surface area contributed by atoms with Gasteiger partial charge in [-0.15, -0.1) is 0 Å². The molecule has 0 bridgehead atoms. The number of halogens is 1. The van der Waals surface area contributed by atoms with Gasteiger partial charge >= 0.3 is 0 Å². The minimum absolute atomic E-state index is 0.203. The number of benzene rings is 2. The number of hydrogen-bond donors (Lipinski definition) is 1. The van der Waals surface area contributed by atoms with Gasteiger partial charge in [-0.25, -0.2) is 4.39 Å².